The van der Waals surface area contributed by atoms with Gasteiger partial charge in [-0.25, -0.2) is 4.79 Å². The van der Waals surface area contributed by atoms with E-state index in [0.717, 1.165) is 42.4 Å². The summed E-state index contributed by atoms with van der Waals surface area (Å²) in [4.78, 5) is 42.3. The zero-order valence-corrected chi connectivity index (χ0v) is 24.6. The summed E-state index contributed by atoms with van der Waals surface area (Å²) in [6.45, 7) is 11.8. The number of carbonyl (C=O) groups excluding carboxylic acids is 3. The highest BCUT2D eigenvalue weighted by Crippen LogP contribution is 2.27. The predicted molar refractivity (Wildman–Crippen MR) is 152 cm³/mol. The van der Waals surface area contributed by atoms with Crippen LogP contribution in [0.3, 0.4) is 0 Å². The van der Waals surface area contributed by atoms with Crippen molar-refractivity contribution in [1.29, 1.82) is 0 Å². The molecule has 37 heavy (non-hydrogen) atoms. The Bertz CT molecular complexity index is 889. The van der Waals surface area contributed by atoms with Gasteiger partial charge in [-0.15, -0.1) is 0 Å². The molecule has 2 unspecified atom stereocenters. The number of hydrogen-bond donors (Lipinski definition) is 2. The van der Waals surface area contributed by atoms with Crippen molar-refractivity contribution in [1.82, 2.24) is 15.5 Å². The highest BCUT2D eigenvalue weighted by molar-refractivity contribution is 7.98. The Hall–Kier alpha value is -2.22. The monoisotopic (exact) mass is 533 g/mol. The highest BCUT2D eigenvalue weighted by Gasteiger charge is 2.36. The standard InChI is InChI=1S/C29H47N3O4S/c1-8-15-32(27(34)24(14-16-37-7)31-28(35)36-29(4,5)6)25(22-18-20(2)17-21(3)19-22)26(33)30-23-12-10-9-11-13-23/h17-19,23-25H,8-16H2,1-7H3,(H,30,33)(H,31,35). The lowest BCUT2D eigenvalue weighted by atomic mass is 9.94. The topological polar surface area (TPSA) is 87.7 Å². The molecular weight excluding hydrogens is 486 g/mol. The third-order valence-electron chi connectivity index (χ3n) is 6.42. The van der Waals surface area contributed by atoms with Gasteiger partial charge in [-0.05, 0) is 77.9 Å². The molecule has 0 aliphatic heterocycles. The van der Waals surface area contributed by atoms with Crippen LogP contribution in [0.15, 0.2) is 18.2 Å². The first-order valence-electron chi connectivity index (χ1n) is 13.6. The summed E-state index contributed by atoms with van der Waals surface area (Å²) in [7, 11) is 0. The molecule has 1 saturated carbocycles. The smallest absolute Gasteiger partial charge is 0.408 e. The molecule has 1 aromatic rings. The van der Waals surface area contributed by atoms with Crippen LogP contribution in [-0.2, 0) is 14.3 Å². The van der Waals surface area contributed by atoms with Gasteiger partial charge in [0.25, 0.3) is 0 Å². The van der Waals surface area contributed by atoms with Gasteiger partial charge in [0.15, 0.2) is 0 Å². The number of hydrogen-bond acceptors (Lipinski definition) is 5. The summed E-state index contributed by atoms with van der Waals surface area (Å²) >= 11 is 1.61. The summed E-state index contributed by atoms with van der Waals surface area (Å²) < 4.78 is 5.46. The fourth-order valence-corrected chi connectivity index (χ4v) is 5.39. The number of ether oxygens (including phenoxy) is 1. The number of rotatable bonds is 11. The van der Waals surface area contributed by atoms with E-state index in [1.807, 2.05) is 39.2 Å². The first-order valence-corrected chi connectivity index (χ1v) is 15.0. The summed E-state index contributed by atoms with van der Waals surface area (Å²) in [5.41, 5.74) is 2.20. The van der Waals surface area contributed by atoms with Crippen LogP contribution < -0.4 is 10.6 Å². The maximum atomic E-state index is 14.1. The van der Waals surface area contributed by atoms with E-state index >= 15 is 0 Å². The van der Waals surface area contributed by atoms with Crippen molar-refractivity contribution in [2.75, 3.05) is 18.6 Å². The molecular formula is C29H47N3O4S. The lowest BCUT2D eigenvalue weighted by molar-refractivity contribution is -0.143. The highest BCUT2D eigenvalue weighted by atomic mass is 32.2. The summed E-state index contributed by atoms with van der Waals surface area (Å²) in [5, 5.41) is 6.05. The van der Waals surface area contributed by atoms with Crippen molar-refractivity contribution < 1.29 is 19.1 Å². The van der Waals surface area contributed by atoms with Crippen LogP contribution in [0.5, 0.6) is 0 Å². The minimum absolute atomic E-state index is 0.125. The molecule has 8 heteroatoms. The van der Waals surface area contributed by atoms with Gasteiger partial charge >= 0.3 is 6.09 Å². The summed E-state index contributed by atoms with van der Waals surface area (Å²) in [5.74, 6) is 0.276. The third-order valence-corrected chi connectivity index (χ3v) is 7.06. The van der Waals surface area contributed by atoms with Crippen LogP contribution in [0.2, 0.25) is 0 Å². The van der Waals surface area contributed by atoms with Crippen LogP contribution >= 0.6 is 11.8 Å². The van der Waals surface area contributed by atoms with E-state index in [2.05, 4.69) is 16.7 Å². The van der Waals surface area contributed by atoms with Crippen LogP contribution in [-0.4, -0.2) is 59.0 Å². The molecule has 3 amide bonds. The third kappa shape index (κ3) is 10.2. The van der Waals surface area contributed by atoms with E-state index in [9.17, 15) is 14.4 Å². The van der Waals surface area contributed by atoms with Gasteiger partial charge in [-0.1, -0.05) is 55.5 Å². The van der Waals surface area contributed by atoms with E-state index in [0.29, 0.717) is 25.1 Å². The Labute approximate surface area is 227 Å². The molecule has 0 heterocycles. The molecule has 0 bridgehead atoms. The molecule has 1 fully saturated rings. The Morgan fingerprint density at radius 1 is 1.08 bits per heavy atom. The number of nitrogens with zero attached hydrogens (tertiary/aromatic N) is 1. The Kier molecular flexibility index (Phi) is 12.3. The van der Waals surface area contributed by atoms with Crippen molar-refractivity contribution in [3.63, 3.8) is 0 Å². The van der Waals surface area contributed by atoms with Crippen molar-refractivity contribution in [2.45, 2.75) is 110 Å². The first-order chi connectivity index (χ1) is 17.4. The minimum atomic E-state index is -0.787. The predicted octanol–water partition coefficient (Wildman–Crippen LogP) is 5.68. The second kappa shape index (κ2) is 14.6. The van der Waals surface area contributed by atoms with E-state index in [1.165, 1.54) is 6.42 Å². The van der Waals surface area contributed by atoms with Crippen LogP contribution in [0.4, 0.5) is 4.79 Å². The largest absolute Gasteiger partial charge is 0.444 e. The fraction of sp³-hybridized carbons (Fsp3) is 0.690. The average Bonchev–Trinajstić information content (AvgIpc) is 2.80. The molecule has 1 aliphatic carbocycles. The number of nitrogens with one attached hydrogen (secondary N) is 2. The Morgan fingerprint density at radius 2 is 1.70 bits per heavy atom. The maximum absolute atomic E-state index is 14.1. The molecule has 2 rings (SSSR count). The lowest BCUT2D eigenvalue weighted by Crippen LogP contribution is -2.54. The van der Waals surface area contributed by atoms with E-state index in [-0.39, 0.29) is 17.9 Å². The van der Waals surface area contributed by atoms with Crippen molar-refractivity contribution in [3.05, 3.63) is 34.9 Å². The van der Waals surface area contributed by atoms with Crippen LogP contribution in [0, 0.1) is 13.8 Å². The average molecular weight is 534 g/mol. The number of carbonyl (C=O) groups is 3. The summed E-state index contributed by atoms with van der Waals surface area (Å²) in [6, 6.07) is 4.62. The molecule has 2 N–H and O–H groups in total. The first kappa shape index (κ1) is 31.0. The molecule has 0 saturated heterocycles. The molecule has 1 aromatic carbocycles. The molecule has 2 atom stereocenters. The van der Waals surface area contributed by atoms with Gasteiger partial charge in [0, 0.05) is 12.6 Å². The lowest BCUT2D eigenvalue weighted by Gasteiger charge is -2.36. The molecule has 1 aliphatic rings. The van der Waals surface area contributed by atoms with Gasteiger partial charge in [-0.2, -0.15) is 11.8 Å². The van der Waals surface area contributed by atoms with Crippen LogP contribution in [0.25, 0.3) is 0 Å². The number of thioether (sulfide) groups is 1. The van der Waals surface area contributed by atoms with E-state index in [1.54, 1.807) is 37.4 Å². The second-order valence-corrected chi connectivity index (χ2v) is 12.2. The molecule has 0 spiro atoms. The Morgan fingerprint density at radius 3 is 2.24 bits per heavy atom. The second-order valence-electron chi connectivity index (χ2n) is 11.2. The maximum Gasteiger partial charge on any atom is 0.408 e. The van der Waals surface area contributed by atoms with E-state index in [4.69, 9.17) is 4.74 Å². The van der Waals surface area contributed by atoms with Crippen molar-refractivity contribution >= 4 is 29.7 Å². The van der Waals surface area contributed by atoms with E-state index < -0.39 is 23.8 Å². The molecule has 208 valence electrons. The number of aryl methyl sites for hydroxylation is 2. The minimum Gasteiger partial charge on any atom is -0.444 e. The number of benzene rings is 1. The zero-order valence-electron chi connectivity index (χ0n) is 23.8. The SMILES string of the molecule is CCCN(C(=O)C(CCSC)NC(=O)OC(C)(C)C)C(C(=O)NC1CCCCC1)c1cc(C)cc(C)c1. The van der Waals surface area contributed by atoms with Crippen molar-refractivity contribution in [2.24, 2.45) is 0 Å². The van der Waals surface area contributed by atoms with Gasteiger partial charge in [0.05, 0.1) is 0 Å². The fourth-order valence-electron chi connectivity index (χ4n) is 4.92. The molecule has 0 aromatic heterocycles. The quantitative estimate of drug-likeness (QED) is 0.382. The summed E-state index contributed by atoms with van der Waals surface area (Å²) in [6.07, 6.45) is 7.80. The molecule has 7 nitrogen and oxygen atoms in total. The van der Waals surface area contributed by atoms with Gasteiger partial charge in [-0.3, -0.25) is 9.59 Å². The number of amides is 3. The van der Waals surface area contributed by atoms with Gasteiger partial charge in [0.2, 0.25) is 11.8 Å². The normalized spacial score (nSPS) is 16.0. The Balaban J connectivity index is 2.44. The van der Waals surface area contributed by atoms with Gasteiger partial charge < -0.3 is 20.3 Å². The molecule has 0 radical (unpaired) electrons. The van der Waals surface area contributed by atoms with Crippen molar-refractivity contribution in [3.8, 4) is 0 Å². The van der Waals surface area contributed by atoms with Gasteiger partial charge in [0.1, 0.15) is 17.7 Å². The zero-order chi connectivity index (χ0) is 27.6. The van der Waals surface area contributed by atoms with Crippen LogP contribution in [0.1, 0.15) is 95.4 Å². The number of alkyl carbamates (subject to hydrolysis) is 1.